The molecule has 1 N–H and O–H groups in total. The third-order valence-electron chi connectivity index (χ3n) is 4.70. The quantitative estimate of drug-likeness (QED) is 0.648. The first-order valence-electron chi connectivity index (χ1n) is 9.79. The van der Waals surface area contributed by atoms with Crippen LogP contribution in [0.25, 0.3) is 0 Å². The van der Waals surface area contributed by atoms with Crippen LogP contribution in [0.1, 0.15) is 49.4 Å². The van der Waals surface area contributed by atoms with E-state index < -0.39 is 6.09 Å². The summed E-state index contributed by atoms with van der Waals surface area (Å²) in [5.41, 5.74) is 2.51. The number of amides is 2. The Balaban J connectivity index is 1.73. The highest BCUT2D eigenvalue weighted by molar-refractivity contribution is 5.76. The molecule has 0 radical (unpaired) electrons. The molecular formula is C23H27N3O3. The Morgan fingerprint density at radius 2 is 1.83 bits per heavy atom. The normalized spacial score (nSPS) is 11.2. The van der Waals surface area contributed by atoms with Gasteiger partial charge in [0.05, 0.1) is 17.7 Å². The van der Waals surface area contributed by atoms with Crippen molar-refractivity contribution in [3.8, 4) is 6.07 Å². The van der Waals surface area contributed by atoms with Gasteiger partial charge in [0, 0.05) is 19.5 Å². The molecule has 2 aromatic rings. The number of nitriles is 1. The lowest BCUT2D eigenvalue weighted by Crippen LogP contribution is -2.34. The average molecular weight is 393 g/mol. The summed E-state index contributed by atoms with van der Waals surface area (Å²) in [6.07, 6.45) is 0.392. The minimum atomic E-state index is -0.486. The number of nitrogens with one attached hydrogen (secondary N) is 1. The van der Waals surface area contributed by atoms with Crippen LogP contribution in [0.2, 0.25) is 0 Å². The third kappa shape index (κ3) is 6.96. The van der Waals surface area contributed by atoms with Crippen molar-refractivity contribution < 1.29 is 14.3 Å². The maximum Gasteiger partial charge on any atom is 0.407 e. The molecule has 152 valence electrons. The summed E-state index contributed by atoms with van der Waals surface area (Å²) in [4.78, 5) is 26.1. The lowest BCUT2D eigenvalue weighted by molar-refractivity contribution is -0.133. The molecule has 0 aliphatic carbocycles. The van der Waals surface area contributed by atoms with Gasteiger partial charge < -0.3 is 15.0 Å². The Morgan fingerprint density at radius 3 is 2.45 bits per heavy atom. The summed E-state index contributed by atoms with van der Waals surface area (Å²) >= 11 is 0. The third-order valence-corrected chi connectivity index (χ3v) is 4.70. The van der Waals surface area contributed by atoms with Gasteiger partial charge in [0.1, 0.15) is 6.61 Å². The zero-order chi connectivity index (χ0) is 21.1. The SMILES string of the molecule is CCN(C(=O)CCCNC(=O)OCc1ccccc1)C(C)c1ccc(C#N)cc1. The molecule has 2 aromatic carbocycles. The second kappa shape index (κ2) is 11.5. The molecule has 0 saturated carbocycles. The number of benzene rings is 2. The fraction of sp³-hybridized carbons (Fsp3) is 0.348. The van der Waals surface area contributed by atoms with Crippen LogP contribution in [-0.2, 0) is 16.1 Å². The smallest absolute Gasteiger partial charge is 0.407 e. The number of hydrogen-bond acceptors (Lipinski definition) is 4. The van der Waals surface area contributed by atoms with Crippen LogP contribution in [0.5, 0.6) is 0 Å². The van der Waals surface area contributed by atoms with Crippen LogP contribution in [0.15, 0.2) is 54.6 Å². The standard InChI is InChI=1S/C23H27N3O3/c1-3-26(18(2)21-13-11-19(16-24)12-14-21)22(27)10-7-15-25-23(28)29-17-20-8-5-4-6-9-20/h4-6,8-9,11-14,18H,3,7,10,15,17H2,1-2H3,(H,25,28). The van der Waals surface area contributed by atoms with Gasteiger partial charge in [-0.3, -0.25) is 4.79 Å². The fourth-order valence-corrected chi connectivity index (χ4v) is 3.03. The molecule has 0 aliphatic heterocycles. The summed E-state index contributed by atoms with van der Waals surface area (Å²) in [6.45, 7) is 5.10. The Morgan fingerprint density at radius 1 is 1.14 bits per heavy atom. The lowest BCUT2D eigenvalue weighted by Gasteiger charge is -2.28. The lowest BCUT2D eigenvalue weighted by atomic mass is 10.0. The van der Waals surface area contributed by atoms with E-state index in [0.29, 0.717) is 31.5 Å². The maximum atomic E-state index is 12.6. The minimum Gasteiger partial charge on any atom is -0.445 e. The largest absolute Gasteiger partial charge is 0.445 e. The molecule has 0 spiro atoms. The van der Waals surface area contributed by atoms with E-state index in [4.69, 9.17) is 10.00 Å². The topological polar surface area (TPSA) is 82.4 Å². The highest BCUT2D eigenvalue weighted by Gasteiger charge is 2.19. The number of ether oxygens (including phenoxy) is 1. The monoisotopic (exact) mass is 393 g/mol. The first-order valence-corrected chi connectivity index (χ1v) is 9.79. The summed E-state index contributed by atoms with van der Waals surface area (Å²) in [7, 11) is 0. The molecular weight excluding hydrogens is 366 g/mol. The number of carbonyl (C=O) groups excluding carboxylic acids is 2. The molecule has 2 amide bonds. The zero-order valence-electron chi connectivity index (χ0n) is 16.9. The molecule has 0 saturated heterocycles. The summed E-state index contributed by atoms with van der Waals surface area (Å²) in [5, 5.41) is 11.6. The Hall–Kier alpha value is -3.33. The number of nitrogens with zero attached hydrogens (tertiary/aromatic N) is 2. The van der Waals surface area contributed by atoms with Crippen LogP contribution >= 0.6 is 0 Å². The average Bonchev–Trinajstić information content (AvgIpc) is 2.76. The molecule has 0 heterocycles. The van der Waals surface area contributed by atoms with Crippen LogP contribution < -0.4 is 5.32 Å². The van der Waals surface area contributed by atoms with Crippen molar-refractivity contribution in [2.75, 3.05) is 13.1 Å². The first kappa shape index (κ1) is 22.0. The number of alkyl carbamates (subject to hydrolysis) is 1. The fourth-order valence-electron chi connectivity index (χ4n) is 3.03. The molecule has 1 atom stereocenters. The van der Waals surface area contributed by atoms with E-state index in [2.05, 4.69) is 11.4 Å². The van der Waals surface area contributed by atoms with Gasteiger partial charge in [-0.05, 0) is 43.5 Å². The van der Waals surface area contributed by atoms with Crippen molar-refractivity contribution in [1.29, 1.82) is 5.26 Å². The number of hydrogen-bond donors (Lipinski definition) is 1. The van der Waals surface area contributed by atoms with E-state index >= 15 is 0 Å². The van der Waals surface area contributed by atoms with E-state index in [1.807, 2.05) is 56.3 Å². The van der Waals surface area contributed by atoms with Gasteiger partial charge >= 0.3 is 6.09 Å². The van der Waals surface area contributed by atoms with Crippen molar-refractivity contribution in [2.45, 2.75) is 39.3 Å². The molecule has 0 bridgehead atoms. The van der Waals surface area contributed by atoms with Gasteiger partial charge in [-0.15, -0.1) is 0 Å². The second-order valence-electron chi connectivity index (χ2n) is 6.68. The molecule has 0 fully saturated rings. The molecule has 0 aliphatic rings. The molecule has 29 heavy (non-hydrogen) atoms. The Kier molecular flexibility index (Phi) is 8.71. The van der Waals surface area contributed by atoms with Crippen LogP contribution in [0, 0.1) is 11.3 Å². The number of carbonyl (C=O) groups is 2. The van der Waals surface area contributed by atoms with Crippen molar-refractivity contribution in [2.24, 2.45) is 0 Å². The van der Waals surface area contributed by atoms with Crippen LogP contribution in [-0.4, -0.2) is 30.0 Å². The zero-order valence-corrected chi connectivity index (χ0v) is 16.9. The van der Waals surface area contributed by atoms with E-state index in [9.17, 15) is 9.59 Å². The molecule has 6 nitrogen and oxygen atoms in total. The molecule has 1 unspecified atom stereocenters. The van der Waals surface area contributed by atoms with Crippen molar-refractivity contribution in [3.05, 3.63) is 71.3 Å². The summed E-state index contributed by atoms with van der Waals surface area (Å²) in [6, 6.07) is 18.8. The highest BCUT2D eigenvalue weighted by atomic mass is 16.5. The van der Waals surface area contributed by atoms with Gasteiger partial charge in [0.15, 0.2) is 0 Å². The predicted octanol–water partition coefficient (Wildman–Crippen LogP) is 4.17. The van der Waals surface area contributed by atoms with E-state index in [0.717, 1.165) is 11.1 Å². The Labute approximate surface area is 172 Å². The van der Waals surface area contributed by atoms with Crippen molar-refractivity contribution >= 4 is 12.0 Å². The summed E-state index contributed by atoms with van der Waals surface area (Å²) < 4.78 is 5.15. The number of rotatable bonds is 9. The molecule has 2 rings (SSSR count). The van der Waals surface area contributed by atoms with Gasteiger partial charge in [-0.2, -0.15) is 5.26 Å². The van der Waals surface area contributed by atoms with Gasteiger partial charge in [-0.25, -0.2) is 4.79 Å². The molecule has 6 heteroatoms. The van der Waals surface area contributed by atoms with Gasteiger partial charge in [0.2, 0.25) is 5.91 Å². The van der Waals surface area contributed by atoms with Gasteiger partial charge in [-0.1, -0.05) is 42.5 Å². The van der Waals surface area contributed by atoms with Crippen LogP contribution in [0.4, 0.5) is 4.79 Å². The summed E-state index contributed by atoms with van der Waals surface area (Å²) in [5.74, 6) is 0.0313. The van der Waals surface area contributed by atoms with E-state index in [-0.39, 0.29) is 18.6 Å². The van der Waals surface area contributed by atoms with Gasteiger partial charge in [0.25, 0.3) is 0 Å². The van der Waals surface area contributed by atoms with Crippen LogP contribution in [0.3, 0.4) is 0 Å². The minimum absolute atomic E-state index is 0.0313. The highest BCUT2D eigenvalue weighted by Crippen LogP contribution is 2.21. The Bertz CT molecular complexity index is 829. The van der Waals surface area contributed by atoms with E-state index in [1.165, 1.54) is 0 Å². The maximum absolute atomic E-state index is 12.6. The van der Waals surface area contributed by atoms with E-state index in [1.54, 1.807) is 17.0 Å². The molecule has 0 aromatic heterocycles. The van der Waals surface area contributed by atoms with Crippen molar-refractivity contribution in [1.82, 2.24) is 10.2 Å². The predicted molar refractivity (Wildman–Crippen MR) is 111 cm³/mol. The second-order valence-corrected chi connectivity index (χ2v) is 6.68. The first-order chi connectivity index (χ1) is 14.0. The van der Waals surface area contributed by atoms with Crippen molar-refractivity contribution in [3.63, 3.8) is 0 Å².